The summed E-state index contributed by atoms with van der Waals surface area (Å²) in [5.74, 6) is -0.259. The second kappa shape index (κ2) is 3.87. The molecule has 62 valence electrons. The fourth-order valence-electron chi connectivity index (χ4n) is 0.444. The summed E-state index contributed by atoms with van der Waals surface area (Å²) in [6, 6.07) is 0. The number of sulfonamides is 1. The summed E-state index contributed by atoms with van der Waals surface area (Å²) in [6.45, 7) is -0.358. The fourth-order valence-corrected chi connectivity index (χ4v) is 1.33. The monoisotopic (exact) mass is 168 g/mol. The minimum Gasteiger partial charge on any atom is -0.395 e. The average Bonchev–Trinajstić information content (AvgIpc) is 1.59. The first-order valence-corrected chi connectivity index (χ1v) is 4.41. The van der Waals surface area contributed by atoms with Crippen molar-refractivity contribution in [3.05, 3.63) is 0 Å². The van der Waals surface area contributed by atoms with Crippen molar-refractivity contribution in [2.75, 3.05) is 26.5 Å². The van der Waals surface area contributed by atoms with Crippen molar-refractivity contribution >= 4 is 10.0 Å². The van der Waals surface area contributed by atoms with Crippen molar-refractivity contribution in [1.29, 1.82) is 0 Å². The molecule has 0 heterocycles. The minimum atomic E-state index is -3.30. The molecule has 10 heavy (non-hydrogen) atoms. The second-order valence-corrected chi connectivity index (χ2v) is 3.85. The molecule has 0 fully saturated rings. The molecule has 0 aromatic heterocycles. The summed E-state index contributed by atoms with van der Waals surface area (Å²) >= 11 is 0. The Morgan fingerprint density at radius 1 is 1.50 bits per heavy atom. The zero-order chi connectivity index (χ0) is 8.20. The summed E-state index contributed by atoms with van der Waals surface area (Å²) in [5, 5.41) is 9.59. The van der Waals surface area contributed by atoms with Gasteiger partial charge in [-0.05, 0) is 0 Å². The highest BCUT2D eigenvalue weighted by Crippen LogP contribution is 1.81. The molecule has 5 nitrogen and oxygen atoms in total. The highest BCUT2D eigenvalue weighted by molar-refractivity contribution is 7.89. The van der Waals surface area contributed by atoms with Crippen LogP contribution in [0.25, 0.3) is 0 Å². The summed E-state index contributed by atoms with van der Waals surface area (Å²) in [4.78, 5) is 2.17. The molecule has 0 unspecified atom stereocenters. The lowest BCUT2D eigenvalue weighted by Gasteiger charge is -2.10. The zero-order valence-corrected chi connectivity index (χ0v) is 6.85. The minimum absolute atomic E-state index is 0.259. The van der Waals surface area contributed by atoms with E-state index in [1.807, 2.05) is 0 Å². The van der Waals surface area contributed by atoms with Crippen LogP contribution in [-0.2, 0) is 10.0 Å². The van der Waals surface area contributed by atoms with Gasteiger partial charge < -0.3 is 5.11 Å². The van der Waals surface area contributed by atoms with Gasteiger partial charge in [0.1, 0.15) is 0 Å². The SMILES string of the molecule is CN(C)NS(=O)(=O)CCO. The molecule has 0 bridgehead atoms. The highest BCUT2D eigenvalue weighted by Gasteiger charge is 2.08. The van der Waals surface area contributed by atoms with Crippen LogP contribution in [-0.4, -0.2) is 45.0 Å². The quantitative estimate of drug-likeness (QED) is 0.495. The van der Waals surface area contributed by atoms with E-state index in [2.05, 4.69) is 4.83 Å². The van der Waals surface area contributed by atoms with Crippen molar-refractivity contribution in [3.63, 3.8) is 0 Å². The van der Waals surface area contributed by atoms with Gasteiger partial charge >= 0.3 is 0 Å². The predicted molar refractivity (Wildman–Crippen MR) is 37.7 cm³/mol. The van der Waals surface area contributed by atoms with Crippen molar-refractivity contribution in [3.8, 4) is 0 Å². The molecule has 0 radical (unpaired) electrons. The van der Waals surface area contributed by atoms with Gasteiger partial charge in [0.05, 0.1) is 12.4 Å². The maximum Gasteiger partial charge on any atom is 0.226 e. The third kappa shape index (κ3) is 4.68. The number of aliphatic hydroxyl groups excluding tert-OH is 1. The van der Waals surface area contributed by atoms with Gasteiger partial charge in [-0.2, -0.15) is 0 Å². The molecule has 0 spiro atoms. The molecule has 0 aliphatic rings. The van der Waals surface area contributed by atoms with E-state index in [1.165, 1.54) is 5.01 Å². The number of hydrogen-bond donors (Lipinski definition) is 2. The Hall–Kier alpha value is -0.170. The van der Waals surface area contributed by atoms with Crippen LogP contribution >= 0.6 is 0 Å². The van der Waals surface area contributed by atoms with E-state index < -0.39 is 10.0 Å². The smallest absolute Gasteiger partial charge is 0.226 e. The van der Waals surface area contributed by atoms with Gasteiger partial charge in [0.2, 0.25) is 10.0 Å². The summed E-state index contributed by atoms with van der Waals surface area (Å²) in [7, 11) is -0.176. The van der Waals surface area contributed by atoms with Crippen LogP contribution in [0, 0.1) is 0 Å². The maximum absolute atomic E-state index is 10.7. The summed E-state index contributed by atoms with van der Waals surface area (Å²) in [6.07, 6.45) is 0. The fraction of sp³-hybridized carbons (Fsp3) is 1.00. The van der Waals surface area contributed by atoms with E-state index in [0.717, 1.165) is 0 Å². The van der Waals surface area contributed by atoms with Crippen LogP contribution < -0.4 is 4.83 Å². The predicted octanol–water partition coefficient (Wildman–Crippen LogP) is -1.63. The van der Waals surface area contributed by atoms with Gasteiger partial charge in [-0.15, -0.1) is 4.83 Å². The first-order chi connectivity index (χ1) is 4.48. The molecule has 0 atom stereocenters. The molecule has 0 aromatic rings. The molecule has 0 amide bonds. The molecule has 0 aliphatic heterocycles. The number of hydrazine groups is 1. The molecular weight excluding hydrogens is 156 g/mol. The van der Waals surface area contributed by atoms with Crippen LogP contribution in [0.3, 0.4) is 0 Å². The van der Waals surface area contributed by atoms with E-state index in [4.69, 9.17) is 5.11 Å². The molecule has 0 saturated heterocycles. The summed E-state index contributed by atoms with van der Waals surface area (Å²) in [5.41, 5.74) is 0. The molecule has 0 saturated carbocycles. The number of nitrogens with zero attached hydrogens (tertiary/aromatic N) is 1. The summed E-state index contributed by atoms with van der Waals surface area (Å²) < 4.78 is 21.5. The Balaban J connectivity index is 3.89. The molecule has 0 aromatic carbocycles. The van der Waals surface area contributed by atoms with Gasteiger partial charge in [-0.3, -0.25) is 0 Å². The normalized spacial score (nSPS) is 12.4. The van der Waals surface area contributed by atoms with Gasteiger partial charge in [-0.1, -0.05) is 0 Å². The lowest BCUT2D eigenvalue weighted by Crippen LogP contribution is -2.38. The topological polar surface area (TPSA) is 69.6 Å². The Morgan fingerprint density at radius 2 is 2.00 bits per heavy atom. The van der Waals surface area contributed by atoms with E-state index in [-0.39, 0.29) is 12.4 Å². The average molecular weight is 168 g/mol. The number of hydrogen-bond acceptors (Lipinski definition) is 4. The third-order valence-corrected chi connectivity index (χ3v) is 2.05. The molecular formula is C4H12N2O3S. The second-order valence-electron chi connectivity index (χ2n) is 2.03. The third-order valence-electron chi connectivity index (χ3n) is 0.682. The van der Waals surface area contributed by atoms with Crippen molar-refractivity contribution in [2.24, 2.45) is 0 Å². The highest BCUT2D eigenvalue weighted by atomic mass is 32.2. The molecule has 0 aliphatic carbocycles. The Kier molecular flexibility index (Phi) is 3.80. The zero-order valence-electron chi connectivity index (χ0n) is 6.03. The van der Waals surface area contributed by atoms with E-state index in [0.29, 0.717) is 0 Å². The standard InChI is InChI=1S/C4H12N2O3S/c1-6(2)5-10(8,9)4-3-7/h5,7H,3-4H2,1-2H3. The van der Waals surface area contributed by atoms with Gasteiger partial charge in [0, 0.05) is 14.1 Å². The van der Waals surface area contributed by atoms with Gasteiger partial charge in [-0.25, -0.2) is 13.4 Å². The first kappa shape index (κ1) is 9.83. The van der Waals surface area contributed by atoms with Gasteiger partial charge in [0.15, 0.2) is 0 Å². The maximum atomic E-state index is 10.7. The van der Waals surface area contributed by atoms with Crippen LogP contribution in [0.4, 0.5) is 0 Å². The van der Waals surface area contributed by atoms with Crippen LogP contribution in [0.1, 0.15) is 0 Å². The molecule has 0 rings (SSSR count). The van der Waals surface area contributed by atoms with Crippen molar-refractivity contribution < 1.29 is 13.5 Å². The van der Waals surface area contributed by atoms with E-state index in [1.54, 1.807) is 14.1 Å². The van der Waals surface area contributed by atoms with E-state index >= 15 is 0 Å². The lowest BCUT2D eigenvalue weighted by molar-refractivity contribution is 0.313. The largest absolute Gasteiger partial charge is 0.395 e. The van der Waals surface area contributed by atoms with Crippen molar-refractivity contribution in [1.82, 2.24) is 9.84 Å². The number of nitrogens with one attached hydrogen (secondary N) is 1. The van der Waals surface area contributed by atoms with Crippen molar-refractivity contribution in [2.45, 2.75) is 0 Å². The Morgan fingerprint density at radius 3 is 2.30 bits per heavy atom. The van der Waals surface area contributed by atoms with Gasteiger partial charge in [0.25, 0.3) is 0 Å². The van der Waals surface area contributed by atoms with Crippen LogP contribution in [0.5, 0.6) is 0 Å². The lowest BCUT2D eigenvalue weighted by atomic mass is 10.9. The van der Waals surface area contributed by atoms with Crippen LogP contribution in [0.15, 0.2) is 0 Å². The van der Waals surface area contributed by atoms with E-state index in [9.17, 15) is 8.42 Å². The number of rotatable bonds is 4. The number of aliphatic hydroxyl groups is 1. The first-order valence-electron chi connectivity index (χ1n) is 2.76. The molecule has 2 N–H and O–H groups in total. The Bertz CT molecular complexity index is 175. The Labute approximate surface area is 60.7 Å². The van der Waals surface area contributed by atoms with Crippen LogP contribution in [0.2, 0.25) is 0 Å². The molecule has 6 heteroatoms.